The number of hydrogen-bond acceptors (Lipinski definition) is 2. The maximum Gasteiger partial charge on any atom is 0.219 e. The molecule has 2 aromatic rings. The van der Waals surface area contributed by atoms with Crippen molar-refractivity contribution in [1.29, 1.82) is 0 Å². The second-order valence-electron chi connectivity index (χ2n) is 2.70. The van der Waals surface area contributed by atoms with Gasteiger partial charge in [-0.1, -0.05) is 18.2 Å². The van der Waals surface area contributed by atoms with Crippen LogP contribution < -0.4 is 4.74 Å². The van der Waals surface area contributed by atoms with Gasteiger partial charge in [0.05, 0.1) is 4.47 Å². The monoisotopic (exact) mass is 249 g/mol. The summed E-state index contributed by atoms with van der Waals surface area (Å²) in [7, 11) is 0. The van der Waals surface area contributed by atoms with Crippen LogP contribution in [0.25, 0.3) is 0 Å². The van der Waals surface area contributed by atoms with E-state index in [1.165, 1.54) is 0 Å². The number of nitrogens with zero attached hydrogens (tertiary/aromatic N) is 1. The summed E-state index contributed by atoms with van der Waals surface area (Å²) in [6.45, 7) is 0. The molecule has 0 aliphatic carbocycles. The van der Waals surface area contributed by atoms with Gasteiger partial charge in [-0.25, -0.2) is 4.98 Å². The lowest BCUT2D eigenvalue weighted by molar-refractivity contribution is 0.460. The Kier molecular flexibility index (Phi) is 2.79. The van der Waals surface area contributed by atoms with Gasteiger partial charge in [-0.15, -0.1) is 0 Å². The van der Waals surface area contributed by atoms with Crippen LogP contribution in [0.4, 0.5) is 0 Å². The molecule has 0 spiro atoms. The number of pyridine rings is 1. The summed E-state index contributed by atoms with van der Waals surface area (Å²) in [4.78, 5) is 4.07. The van der Waals surface area contributed by atoms with Gasteiger partial charge >= 0.3 is 0 Å². The van der Waals surface area contributed by atoms with Crippen LogP contribution in [0.1, 0.15) is 0 Å². The van der Waals surface area contributed by atoms with Crippen molar-refractivity contribution in [2.75, 3.05) is 0 Å². The van der Waals surface area contributed by atoms with E-state index in [1.54, 1.807) is 6.20 Å². The molecular weight excluding hydrogens is 242 g/mol. The summed E-state index contributed by atoms with van der Waals surface area (Å²) in [6, 6.07) is 13.2. The number of halogens is 1. The van der Waals surface area contributed by atoms with E-state index < -0.39 is 0 Å². The molecule has 0 N–H and O–H groups in total. The van der Waals surface area contributed by atoms with Crippen molar-refractivity contribution in [2.45, 2.75) is 0 Å². The fourth-order valence-corrected chi connectivity index (χ4v) is 1.41. The zero-order valence-corrected chi connectivity index (χ0v) is 8.94. The van der Waals surface area contributed by atoms with Crippen LogP contribution in [0.5, 0.6) is 11.6 Å². The smallest absolute Gasteiger partial charge is 0.219 e. The molecule has 0 atom stereocenters. The SMILES string of the molecule is Brc1ccccc1Oc1ccccn1. The molecule has 70 valence electrons. The van der Waals surface area contributed by atoms with Crippen molar-refractivity contribution in [1.82, 2.24) is 4.98 Å². The van der Waals surface area contributed by atoms with Crippen molar-refractivity contribution >= 4 is 15.9 Å². The van der Waals surface area contributed by atoms with E-state index in [0.29, 0.717) is 5.88 Å². The molecule has 0 saturated carbocycles. The van der Waals surface area contributed by atoms with Gasteiger partial charge in [0.2, 0.25) is 5.88 Å². The molecule has 14 heavy (non-hydrogen) atoms. The van der Waals surface area contributed by atoms with E-state index >= 15 is 0 Å². The predicted octanol–water partition coefficient (Wildman–Crippen LogP) is 3.64. The van der Waals surface area contributed by atoms with Crippen molar-refractivity contribution in [2.24, 2.45) is 0 Å². The summed E-state index contributed by atoms with van der Waals surface area (Å²) >= 11 is 3.40. The number of benzene rings is 1. The van der Waals surface area contributed by atoms with E-state index in [9.17, 15) is 0 Å². The van der Waals surface area contributed by atoms with Crippen LogP contribution in [0.2, 0.25) is 0 Å². The van der Waals surface area contributed by atoms with E-state index in [4.69, 9.17) is 4.74 Å². The molecule has 1 aromatic carbocycles. The third-order valence-electron chi connectivity index (χ3n) is 1.69. The molecule has 0 amide bonds. The van der Waals surface area contributed by atoms with Crippen molar-refractivity contribution in [3.8, 4) is 11.6 Å². The van der Waals surface area contributed by atoms with E-state index in [-0.39, 0.29) is 0 Å². The molecule has 0 aliphatic heterocycles. The van der Waals surface area contributed by atoms with Gasteiger partial charge in [0.25, 0.3) is 0 Å². The van der Waals surface area contributed by atoms with Crippen LogP contribution in [0, 0.1) is 0 Å². The highest BCUT2D eigenvalue weighted by atomic mass is 79.9. The number of para-hydroxylation sites is 1. The highest BCUT2D eigenvalue weighted by Crippen LogP contribution is 2.27. The second-order valence-corrected chi connectivity index (χ2v) is 3.55. The Bertz CT molecular complexity index is 417. The lowest BCUT2D eigenvalue weighted by Crippen LogP contribution is -1.86. The lowest BCUT2D eigenvalue weighted by atomic mass is 10.3. The third-order valence-corrected chi connectivity index (χ3v) is 2.34. The molecule has 0 fully saturated rings. The Morgan fingerprint density at radius 3 is 2.50 bits per heavy atom. The minimum absolute atomic E-state index is 0.597. The molecular formula is C11H8BrNO. The standard InChI is InChI=1S/C11H8BrNO/c12-9-5-1-2-6-10(9)14-11-7-3-4-8-13-11/h1-8H. The minimum Gasteiger partial charge on any atom is -0.438 e. The van der Waals surface area contributed by atoms with Gasteiger partial charge in [-0.2, -0.15) is 0 Å². The Balaban J connectivity index is 2.24. The van der Waals surface area contributed by atoms with Crippen molar-refractivity contribution in [3.63, 3.8) is 0 Å². The predicted molar refractivity (Wildman–Crippen MR) is 58.5 cm³/mol. The molecule has 1 heterocycles. The summed E-state index contributed by atoms with van der Waals surface area (Å²) < 4.78 is 6.47. The Morgan fingerprint density at radius 1 is 1.00 bits per heavy atom. The summed E-state index contributed by atoms with van der Waals surface area (Å²) in [5.74, 6) is 1.37. The van der Waals surface area contributed by atoms with Crippen molar-refractivity contribution < 1.29 is 4.74 Å². The van der Waals surface area contributed by atoms with Crippen LogP contribution in [-0.4, -0.2) is 4.98 Å². The van der Waals surface area contributed by atoms with Crippen LogP contribution >= 0.6 is 15.9 Å². The Hall–Kier alpha value is -1.35. The maximum absolute atomic E-state index is 5.55. The molecule has 0 unspecified atom stereocenters. The van der Waals surface area contributed by atoms with Gasteiger partial charge in [0, 0.05) is 12.3 Å². The van der Waals surface area contributed by atoms with Crippen molar-refractivity contribution in [3.05, 3.63) is 53.1 Å². The lowest BCUT2D eigenvalue weighted by Gasteiger charge is -2.05. The topological polar surface area (TPSA) is 22.1 Å². The van der Waals surface area contributed by atoms with Crippen LogP contribution in [0.3, 0.4) is 0 Å². The first-order chi connectivity index (χ1) is 6.86. The Morgan fingerprint density at radius 2 is 1.79 bits per heavy atom. The molecule has 3 heteroatoms. The van der Waals surface area contributed by atoms with Gasteiger partial charge in [0.1, 0.15) is 5.75 Å². The highest BCUT2D eigenvalue weighted by molar-refractivity contribution is 9.10. The average Bonchev–Trinajstić information content (AvgIpc) is 2.23. The molecule has 1 aromatic heterocycles. The highest BCUT2D eigenvalue weighted by Gasteiger charge is 2.00. The molecule has 2 rings (SSSR count). The zero-order valence-electron chi connectivity index (χ0n) is 7.35. The summed E-state index contributed by atoms with van der Waals surface area (Å²) in [6.07, 6.45) is 1.70. The van der Waals surface area contributed by atoms with E-state index in [2.05, 4.69) is 20.9 Å². The first-order valence-electron chi connectivity index (χ1n) is 4.20. The quantitative estimate of drug-likeness (QED) is 0.811. The zero-order chi connectivity index (χ0) is 9.80. The summed E-state index contributed by atoms with van der Waals surface area (Å²) in [5.41, 5.74) is 0. The van der Waals surface area contributed by atoms with Gasteiger partial charge in [-0.05, 0) is 34.1 Å². The normalized spacial score (nSPS) is 9.79. The first kappa shape index (κ1) is 9.21. The van der Waals surface area contributed by atoms with Crippen LogP contribution in [0.15, 0.2) is 53.1 Å². The number of rotatable bonds is 2. The largest absolute Gasteiger partial charge is 0.438 e. The van der Waals surface area contributed by atoms with Crippen LogP contribution in [-0.2, 0) is 0 Å². The fourth-order valence-electron chi connectivity index (χ4n) is 1.05. The fraction of sp³-hybridized carbons (Fsp3) is 0. The third kappa shape index (κ3) is 2.12. The average molecular weight is 250 g/mol. The van der Waals surface area contributed by atoms with Gasteiger partial charge < -0.3 is 4.74 Å². The van der Waals surface area contributed by atoms with E-state index in [0.717, 1.165) is 10.2 Å². The number of aromatic nitrogens is 1. The van der Waals surface area contributed by atoms with Gasteiger partial charge in [-0.3, -0.25) is 0 Å². The molecule has 0 aliphatic rings. The molecule has 0 bridgehead atoms. The minimum atomic E-state index is 0.597. The molecule has 0 saturated heterocycles. The number of ether oxygens (including phenoxy) is 1. The van der Waals surface area contributed by atoms with Gasteiger partial charge in [0.15, 0.2) is 0 Å². The maximum atomic E-state index is 5.55. The van der Waals surface area contributed by atoms with E-state index in [1.807, 2.05) is 42.5 Å². The summed E-state index contributed by atoms with van der Waals surface area (Å²) in [5, 5.41) is 0. The molecule has 2 nitrogen and oxygen atoms in total. The molecule has 0 radical (unpaired) electrons. The number of hydrogen-bond donors (Lipinski definition) is 0. The second kappa shape index (κ2) is 4.24. The Labute approximate surface area is 90.7 Å². The first-order valence-corrected chi connectivity index (χ1v) is 4.99.